The topological polar surface area (TPSA) is 61.8 Å². The Hall–Kier alpha value is -1.75. The Labute approximate surface area is 142 Å². The zero-order chi connectivity index (χ0) is 16.7. The molecule has 4 rings (SSSR count). The summed E-state index contributed by atoms with van der Waals surface area (Å²) in [4.78, 5) is 14.7. The molecular formula is C19H28N4O. The second-order valence-electron chi connectivity index (χ2n) is 7.91. The summed E-state index contributed by atoms with van der Waals surface area (Å²) in [5.74, 6) is 0.766. The third-order valence-electron chi connectivity index (χ3n) is 6.40. The fourth-order valence-electron chi connectivity index (χ4n) is 4.94. The Morgan fingerprint density at radius 1 is 1.29 bits per heavy atom. The van der Waals surface area contributed by atoms with Gasteiger partial charge in [-0.3, -0.25) is 4.57 Å². The van der Waals surface area contributed by atoms with E-state index in [4.69, 9.17) is 0 Å². The second-order valence-corrected chi connectivity index (χ2v) is 7.91. The van der Waals surface area contributed by atoms with E-state index in [1.807, 2.05) is 19.2 Å². The number of aromatic nitrogens is 2. The Morgan fingerprint density at radius 3 is 2.75 bits per heavy atom. The van der Waals surface area contributed by atoms with Crippen LogP contribution in [0.25, 0.3) is 11.0 Å². The van der Waals surface area contributed by atoms with Gasteiger partial charge in [0.05, 0.1) is 16.7 Å². The van der Waals surface area contributed by atoms with Crippen LogP contribution in [0, 0.1) is 11.3 Å². The number of aromatic amines is 1. The number of aryl methyl sites for hydroxylation is 1. The highest BCUT2D eigenvalue weighted by Crippen LogP contribution is 2.54. The lowest BCUT2D eigenvalue weighted by atomic mass is 9.55. The van der Waals surface area contributed by atoms with Gasteiger partial charge in [0.2, 0.25) is 0 Å². The molecule has 130 valence electrons. The highest BCUT2D eigenvalue weighted by Gasteiger charge is 2.45. The summed E-state index contributed by atoms with van der Waals surface area (Å²) in [5, 5.41) is 7.02. The maximum Gasteiger partial charge on any atom is 0.326 e. The van der Waals surface area contributed by atoms with E-state index in [0.717, 1.165) is 35.2 Å². The first-order valence-electron chi connectivity index (χ1n) is 9.19. The fraction of sp³-hybridized carbons (Fsp3) is 0.632. The lowest BCUT2D eigenvalue weighted by Crippen LogP contribution is -2.45. The van der Waals surface area contributed by atoms with Crippen molar-refractivity contribution in [2.75, 3.05) is 18.9 Å². The van der Waals surface area contributed by atoms with Gasteiger partial charge in [0.15, 0.2) is 0 Å². The fourth-order valence-corrected chi connectivity index (χ4v) is 4.94. The molecule has 2 aliphatic carbocycles. The van der Waals surface area contributed by atoms with Crippen LogP contribution in [-0.4, -0.2) is 29.2 Å². The van der Waals surface area contributed by atoms with E-state index in [1.165, 1.54) is 38.5 Å². The third kappa shape index (κ3) is 2.65. The minimum Gasteiger partial charge on any atom is -0.383 e. The van der Waals surface area contributed by atoms with E-state index in [0.29, 0.717) is 5.41 Å². The van der Waals surface area contributed by atoms with Gasteiger partial charge in [-0.25, -0.2) is 4.79 Å². The molecule has 0 unspecified atom stereocenters. The molecule has 0 radical (unpaired) electrons. The van der Waals surface area contributed by atoms with Gasteiger partial charge in [0.1, 0.15) is 0 Å². The Morgan fingerprint density at radius 2 is 2.04 bits per heavy atom. The van der Waals surface area contributed by atoms with E-state index in [9.17, 15) is 4.79 Å². The lowest BCUT2D eigenvalue weighted by Gasteiger charge is -2.52. The Kier molecular flexibility index (Phi) is 3.91. The average Bonchev–Trinajstić information content (AvgIpc) is 2.86. The zero-order valence-electron chi connectivity index (χ0n) is 14.7. The number of nitrogens with one attached hydrogen (secondary N) is 3. The molecule has 0 bridgehead atoms. The van der Waals surface area contributed by atoms with Crippen molar-refractivity contribution < 1.29 is 0 Å². The van der Waals surface area contributed by atoms with Crippen LogP contribution in [-0.2, 0) is 7.05 Å². The normalized spacial score (nSPS) is 29.8. The number of anilines is 1. The molecule has 5 nitrogen and oxygen atoms in total. The minimum atomic E-state index is -0.0526. The molecule has 2 aromatic rings. The lowest BCUT2D eigenvalue weighted by molar-refractivity contribution is 0.0135. The number of rotatable bonds is 4. The first-order chi connectivity index (χ1) is 11.6. The molecule has 0 aliphatic heterocycles. The molecule has 1 aromatic heterocycles. The number of fused-ring (bicyclic) bond motifs is 1. The molecule has 0 saturated heterocycles. The Balaban J connectivity index is 1.37. The summed E-state index contributed by atoms with van der Waals surface area (Å²) in [7, 11) is 3.91. The van der Waals surface area contributed by atoms with Crippen LogP contribution in [0.5, 0.6) is 0 Å². The maximum atomic E-state index is 11.8. The number of hydrogen-bond acceptors (Lipinski definition) is 3. The Bertz CT molecular complexity index is 774. The summed E-state index contributed by atoms with van der Waals surface area (Å²) in [6.07, 6.45) is 8.16. The van der Waals surface area contributed by atoms with Crippen LogP contribution < -0.4 is 16.3 Å². The average molecular weight is 328 g/mol. The first kappa shape index (κ1) is 15.8. The van der Waals surface area contributed by atoms with E-state index in [2.05, 4.69) is 28.7 Å². The number of imidazole rings is 1. The van der Waals surface area contributed by atoms with Gasteiger partial charge in [-0.05, 0) is 69.0 Å². The largest absolute Gasteiger partial charge is 0.383 e. The summed E-state index contributed by atoms with van der Waals surface area (Å²) in [6.45, 7) is 1.01. The van der Waals surface area contributed by atoms with E-state index < -0.39 is 0 Å². The summed E-state index contributed by atoms with van der Waals surface area (Å²) in [6, 6.07) is 6.77. The van der Waals surface area contributed by atoms with Gasteiger partial charge in [0.25, 0.3) is 0 Å². The van der Waals surface area contributed by atoms with Gasteiger partial charge in [0, 0.05) is 19.6 Å². The van der Waals surface area contributed by atoms with E-state index in [1.54, 1.807) is 4.57 Å². The van der Waals surface area contributed by atoms with Crippen LogP contribution >= 0.6 is 0 Å². The van der Waals surface area contributed by atoms with Crippen molar-refractivity contribution in [3.8, 4) is 0 Å². The molecule has 1 spiro atoms. The van der Waals surface area contributed by atoms with Crippen LogP contribution in [0.3, 0.4) is 0 Å². The molecule has 1 heterocycles. The van der Waals surface area contributed by atoms with E-state index >= 15 is 0 Å². The molecule has 2 aliphatic rings. The molecule has 2 saturated carbocycles. The first-order valence-corrected chi connectivity index (χ1v) is 9.19. The molecule has 1 aromatic carbocycles. The molecular weight excluding hydrogens is 300 g/mol. The van der Waals surface area contributed by atoms with Gasteiger partial charge in [-0.1, -0.05) is 6.07 Å². The smallest absolute Gasteiger partial charge is 0.326 e. The predicted molar refractivity (Wildman–Crippen MR) is 98.5 cm³/mol. The maximum absolute atomic E-state index is 11.8. The van der Waals surface area contributed by atoms with Crippen molar-refractivity contribution in [2.45, 2.75) is 44.6 Å². The minimum absolute atomic E-state index is 0.0526. The third-order valence-corrected chi connectivity index (χ3v) is 6.40. The van der Waals surface area contributed by atoms with E-state index in [-0.39, 0.29) is 5.69 Å². The monoisotopic (exact) mass is 328 g/mol. The van der Waals surface area contributed by atoms with Crippen molar-refractivity contribution in [2.24, 2.45) is 18.4 Å². The van der Waals surface area contributed by atoms with Crippen molar-refractivity contribution in [1.82, 2.24) is 14.9 Å². The van der Waals surface area contributed by atoms with Gasteiger partial charge in [-0.2, -0.15) is 0 Å². The van der Waals surface area contributed by atoms with Gasteiger partial charge >= 0.3 is 5.69 Å². The standard InChI is InChI=1S/C19H28N4O/c1-20-14-6-8-19(9-7-14)10-13(11-19)12-21-15-4-3-5-16-17(15)23(2)18(24)22-16/h3-5,13-14,20-21H,6-12H2,1-2H3,(H,22,24). The molecule has 0 amide bonds. The number of benzene rings is 1. The molecule has 0 atom stereocenters. The molecule has 3 N–H and O–H groups in total. The van der Waals surface area contributed by atoms with Crippen molar-refractivity contribution >= 4 is 16.7 Å². The number of hydrogen-bond donors (Lipinski definition) is 3. The summed E-state index contributed by atoms with van der Waals surface area (Å²) < 4.78 is 1.69. The van der Waals surface area contributed by atoms with Gasteiger partial charge in [-0.15, -0.1) is 0 Å². The predicted octanol–water partition coefficient (Wildman–Crippen LogP) is 2.84. The number of H-pyrrole nitrogens is 1. The number of para-hydroxylation sites is 1. The second kappa shape index (κ2) is 5.96. The van der Waals surface area contributed by atoms with Crippen LogP contribution in [0.1, 0.15) is 38.5 Å². The highest BCUT2D eigenvalue weighted by atomic mass is 16.1. The molecule has 24 heavy (non-hydrogen) atoms. The quantitative estimate of drug-likeness (QED) is 0.809. The molecule has 2 fully saturated rings. The SMILES string of the molecule is CNC1CCC2(CC1)CC(CNc1cccc3[nH]c(=O)n(C)c13)C2. The summed E-state index contributed by atoms with van der Waals surface area (Å²) >= 11 is 0. The summed E-state index contributed by atoms with van der Waals surface area (Å²) in [5.41, 5.74) is 3.53. The highest BCUT2D eigenvalue weighted by molar-refractivity contribution is 5.88. The van der Waals surface area contributed by atoms with Crippen LogP contribution in [0.4, 0.5) is 5.69 Å². The zero-order valence-corrected chi connectivity index (χ0v) is 14.7. The van der Waals surface area contributed by atoms with Gasteiger partial charge < -0.3 is 15.6 Å². The van der Waals surface area contributed by atoms with Crippen molar-refractivity contribution in [3.63, 3.8) is 0 Å². The van der Waals surface area contributed by atoms with Crippen LogP contribution in [0.15, 0.2) is 23.0 Å². The van der Waals surface area contributed by atoms with Crippen molar-refractivity contribution in [1.29, 1.82) is 0 Å². The van der Waals surface area contributed by atoms with Crippen molar-refractivity contribution in [3.05, 3.63) is 28.7 Å². The molecule has 5 heteroatoms. The van der Waals surface area contributed by atoms with Crippen LogP contribution in [0.2, 0.25) is 0 Å². The number of nitrogens with zero attached hydrogens (tertiary/aromatic N) is 1.